The van der Waals surface area contributed by atoms with Crippen molar-refractivity contribution in [1.82, 2.24) is 5.32 Å². The van der Waals surface area contributed by atoms with Crippen molar-refractivity contribution >= 4 is 15.8 Å². The molecule has 2 aliphatic heterocycles. The molecule has 0 radical (unpaired) electrons. The van der Waals surface area contributed by atoms with Gasteiger partial charge in [0.15, 0.2) is 15.4 Å². The van der Waals surface area contributed by atoms with Gasteiger partial charge in [0.25, 0.3) is 0 Å². The predicted octanol–water partition coefficient (Wildman–Crippen LogP) is 0.907. The van der Waals surface area contributed by atoms with Gasteiger partial charge in [-0.2, -0.15) is 0 Å². The maximum Gasteiger partial charge on any atom is 0.333 e. The van der Waals surface area contributed by atoms with Gasteiger partial charge in [0.1, 0.15) is 0 Å². The van der Waals surface area contributed by atoms with Crippen LogP contribution in [0.25, 0.3) is 0 Å². The molecular weight excluding hydrogens is 266 g/mol. The molecule has 0 aromatic rings. The van der Waals surface area contributed by atoms with Crippen LogP contribution in [0, 0.1) is 0 Å². The Hall–Kier alpha value is -1.04. The number of sulfone groups is 1. The summed E-state index contributed by atoms with van der Waals surface area (Å²) in [6, 6.07) is -0.0791. The van der Waals surface area contributed by atoms with Crippen molar-refractivity contribution in [2.75, 3.05) is 11.5 Å². The fraction of sp³-hybridized carbons (Fsp3) is 0.769. The van der Waals surface area contributed by atoms with Gasteiger partial charge in [-0.25, -0.2) is 13.2 Å². The van der Waals surface area contributed by atoms with E-state index in [4.69, 9.17) is 4.74 Å². The average molecular weight is 285 g/mol. The Bertz CT molecular complexity index is 517. The highest BCUT2D eigenvalue weighted by Crippen LogP contribution is 2.40. The molecule has 19 heavy (non-hydrogen) atoms. The van der Waals surface area contributed by atoms with Gasteiger partial charge in [0.05, 0.1) is 17.2 Å². The summed E-state index contributed by atoms with van der Waals surface area (Å²) in [6.07, 6.45) is 7.09. The Kier molecular flexibility index (Phi) is 3.08. The van der Waals surface area contributed by atoms with E-state index in [9.17, 15) is 13.2 Å². The third-order valence-corrected chi connectivity index (χ3v) is 6.07. The second kappa shape index (κ2) is 4.51. The maximum absolute atomic E-state index is 11.6. The summed E-state index contributed by atoms with van der Waals surface area (Å²) in [5, 5.41) is 3.26. The minimum Gasteiger partial charge on any atom is -0.449 e. The molecule has 0 aromatic heterocycles. The van der Waals surface area contributed by atoms with Crippen LogP contribution in [0.3, 0.4) is 0 Å². The second-order valence-electron chi connectivity index (χ2n) is 5.78. The zero-order valence-corrected chi connectivity index (χ0v) is 11.7. The van der Waals surface area contributed by atoms with Crippen molar-refractivity contribution < 1.29 is 17.9 Å². The number of carbonyl (C=O) groups is 1. The van der Waals surface area contributed by atoms with Crippen molar-refractivity contribution in [2.24, 2.45) is 0 Å². The summed E-state index contributed by atoms with van der Waals surface area (Å²) >= 11 is 0. The van der Waals surface area contributed by atoms with E-state index in [1.807, 2.05) is 0 Å². The quantitative estimate of drug-likeness (QED) is 0.763. The topological polar surface area (TPSA) is 72.5 Å². The van der Waals surface area contributed by atoms with Crippen molar-refractivity contribution in [3.8, 4) is 0 Å². The van der Waals surface area contributed by atoms with E-state index in [-0.39, 0.29) is 23.5 Å². The zero-order chi connectivity index (χ0) is 13.5. The SMILES string of the molecule is O=C1C=C(N[C@H]2CCS(=O)(=O)C2)C2(CCCCC2)O1. The molecule has 1 atom stereocenters. The lowest BCUT2D eigenvalue weighted by Crippen LogP contribution is -2.43. The predicted molar refractivity (Wildman–Crippen MR) is 70.2 cm³/mol. The molecule has 0 bridgehead atoms. The van der Waals surface area contributed by atoms with Crippen LogP contribution >= 0.6 is 0 Å². The lowest BCUT2D eigenvalue weighted by molar-refractivity contribution is -0.148. The van der Waals surface area contributed by atoms with Crippen LogP contribution < -0.4 is 5.32 Å². The molecule has 0 unspecified atom stereocenters. The summed E-state index contributed by atoms with van der Waals surface area (Å²) in [4.78, 5) is 11.6. The molecule has 106 valence electrons. The number of hydrogen-bond acceptors (Lipinski definition) is 5. The molecule has 1 saturated carbocycles. The molecule has 0 aromatic carbocycles. The molecule has 1 saturated heterocycles. The number of rotatable bonds is 2. The van der Waals surface area contributed by atoms with Gasteiger partial charge in [0, 0.05) is 12.1 Å². The third-order valence-electron chi connectivity index (χ3n) is 4.30. The summed E-state index contributed by atoms with van der Waals surface area (Å²) in [6.45, 7) is 0. The highest BCUT2D eigenvalue weighted by atomic mass is 32.2. The van der Waals surface area contributed by atoms with Crippen LogP contribution in [0.15, 0.2) is 11.8 Å². The van der Waals surface area contributed by atoms with Crippen LogP contribution in [0.1, 0.15) is 38.5 Å². The van der Waals surface area contributed by atoms with Crippen molar-refractivity contribution in [3.63, 3.8) is 0 Å². The first kappa shape index (κ1) is 13.0. The highest BCUT2D eigenvalue weighted by molar-refractivity contribution is 7.91. The number of esters is 1. The van der Waals surface area contributed by atoms with E-state index < -0.39 is 15.4 Å². The Morgan fingerprint density at radius 1 is 1.26 bits per heavy atom. The molecule has 2 fully saturated rings. The normalized spacial score (nSPS) is 32.1. The smallest absolute Gasteiger partial charge is 0.333 e. The van der Waals surface area contributed by atoms with E-state index >= 15 is 0 Å². The first-order valence-corrected chi connectivity index (χ1v) is 8.73. The van der Waals surface area contributed by atoms with Gasteiger partial charge in [-0.15, -0.1) is 0 Å². The fourth-order valence-electron chi connectivity index (χ4n) is 3.32. The van der Waals surface area contributed by atoms with Gasteiger partial charge in [-0.05, 0) is 32.1 Å². The standard InChI is InChI=1S/C13H19NO4S/c15-12-8-11(13(18-12)5-2-1-3-6-13)14-10-4-7-19(16,17)9-10/h8,10,14H,1-7,9H2/t10-/m0/s1. The lowest BCUT2D eigenvalue weighted by atomic mass is 9.82. The Labute approximate surface area is 113 Å². The molecule has 5 nitrogen and oxygen atoms in total. The van der Waals surface area contributed by atoms with E-state index in [0.717, 1.165) is 31.4 Å². The number of ether oxygens (including phenoxy) is 1. The zero-order valence-electron chi connectivity index (χ0n) is 10.9. The third kappa shape index (κ3) is 2.50. The largest absolute Gasteiger partial charge is 0.449 e. The Morgan fingerprint density at radius 3 is 2.63 bits per heavy atom. The van der Waals surface area contributed by atoms with E-state index in [2.05, 4.69) is 5.32 Å². The maximum atomic E-state index is 11.6. The van der Waals surface area contributed by atoms with Crippen LogP contribution in [-0.2, 0) is 19.4 Å². The Morgan fingerprint density at radius 2 is 2.00 bits per heavy atom. The number of hydrogen-bond donors (Lipinski definition) is 1. The second-order valence-corrected chi connectivity index (χ2v) is 8.01. The summed E-state index contributed by atoms with van der Waals surface area (Å²) < 4.78 is 28.5. The van der Waals surface area contributed by atoms with Crippen molar-refractivity contribution in [2.45, 2.75) is 50.2 Å². The number of carbonyl (C=O) groups excluding carboxylic acids is 1. The number of nitrogens with one attached hydrogen (secondary N) is 1. The van der Waals surface area contributed by atoms with Gasteiger partial charge >= 0.3 is 5.97 Å². The lowest BCUT2D eigenvalue weighted by Gasteiger charge is -2.35. The van der Waals surface area contributed by atoms with Gasteiger partial charge in [-0.1, -0.05) is 6.42 Å². The highest BCUT2D eigenvalue weighted by Gasteiger charge is 2.45. The van der Waals surface area contributed by atoms with E-state index in [0.29, 0.717) is 6.42 Å². The molecule has 1 aliphatic carbocycles. The molecule has 1 N–H and O–H groups in total. The molecule has 6 heteroatoms. The van der Waals surface area contributed by atoms with E-state index in [1.165, 1.54) is 12.5 Å². The summed E-state index contributed by atoms with van der Waals surface area (Å²) in [7, 11) is -2.91. The molecule has 0 amide bonds. The van der Waals surface area contributed by atoms with Gasteiger partial charge < -0.3 is 10.1 Å². The monoisotopic (exact) mass is 285 g/mol. The molecule has 1 spiro atoms. The minimum absolute atomic E-state index is 0.0791. The molecule has 3 aliphatic rings. The average Bonchev–Trinajstić information content (AvgIpc) is 2.82. The summed E-state index contributed by atoms with van der Waals surface area (Å²) in [5.41, 5.74) is 0.307. The molecular formula is C13H19NO4S. The summed E-state index contributed by atoms with van der Waals surface area (Å²) in [5.74, 6) is 0.0965. The fourth-order valence-corrected chi connectivity index (χ4v) is 5.00. The van der Waals surface area contributed by atoms with Crippen LogP contribution in [0.2, 0.25) is 0 Å². The van der Waals surface area contributed by atoms with Crippen LogP contribution in [0.4, 0.5) is 0 Å². The first-order valence-electron chi connectivity index (χ1n) is 6.91. The van der Waals surface area contributed by atoms with Crippen molar-refractivity contribution in [3.05, 3.63) is 11.8 Å². The van der Waals surface area contributed by atoms with Crippen LogP contribution in [-0.4, -0.2) is 37.5 Å². The first-order chi connectivity index (χ1) is 8.99. The van der Waals surface area contributed by atoms with E-state index in [1.54, 1.807) is 0 Å². The molecule has 3 rings (SSSR count). The van der Waals surface area contributed by atoms with Crippen molar-refractivity contribution in [1.29, 1.82) is 0 Å². The van der Waals surface area contributed by atoms with Gasteiger partial charge in [0.2, 0.25) is 0 Å². The van der Waals surface area contributed by atoms with Gasteiger partial charge in [-0.3, -0.25) is 0 Å². The molecule has 2 heterocycles. The minimum atomic E-state index is -2.91. The Balaban J connectivity index is 1.75. The van der Waals surface area contributed by atoms with Crippen LogP contribution in [0.5, 0.6) is 0 Å².